The lowest BCUT2D eigenvalue weighted by Gasteiger charge is -2.07. The fourth-order valence-corrected chi connectivity index (χ4v) is 3.83. The number of carbonyl (C=O) groups excluding carboxylic acids is 1. The molecule has 0 fully saturated rings. The third-order valence-electron chi connectivity index (χ3n) is 5.36. The standard InChI is InChI=1S/C25H26N4O5/c1-15(2)26-22(31)10-6-7-11-29-14-19(27-28-29)23-18-12-17(25(32)33)20(30)13-21(18)34-24(23)16-8-4-3-5-9-16/h3-5,8-9,12-15,30H,6-7,10-11H2,1-2H3,(H,26,31)(H,32,33). The van der Waals surface area contributed by atoms with Crippen LogP contribution in [0.2, 0.25) is 0 Å². The summed E-state index contributed by atoms with van der Waals surface area (Å²) in [4.78, 5) is 23.4. The number of nitrogens with zero attached hydrogens (tertiary/aromatic N) is 3. The Labute approximate surface area is 196 Å². The Balaban J connectivity index is 1.64. The first-order valence-corrected chi connectivity index (χ1v) is 11.1. The number of hydrogen-bond acceptors (Lipinski definition) is 6. The fourth-order valence-electron chi connectivity index (χ4n) is 3.83. The number of aromatic hydroxyl groups is 1. The predicted molar refractivity (Wildman–Crippen MR) is 126 cm³/mol. The van der Waals surface area contributed by atoms with E-state index < -0.39 is 5.97 Å². The van der Waals surface area contributed by atoms with Crippen LogP contribution >= 0.6 is 0 Å². The topological polar surface area (TPSA) is 130 Å². The van der Waals surface area contributed by atoms with Gasteiger partial charge in [0.1, 0.15) is 28.4 Å². The lowest BCUT2D eigenvalue weighted by atomic mass is 10.0. The maximum atomic E-state index is 11.8. The number of amides is 1. The van der Waals surface area contributed by atoms with Gasteiger partial charge in [-0.05, 0) is 32.8 Å². The molecule has 0 saturated carbocycles. The predicted octanol–water partition coefficient (Wildman–Crippen LogP) is 4.46. The van der Waals surface area contributed by atoms with Gasteiger partial charge in [-0.15, -0.1) is 5.10 Å². The third kappa shape index (κ3) is 4.93. The van der Waals surface area contributed by atoms with Gasteiger partial charge in [-0.3, -0.25) is 9.48 Å². The maximum absolute atomic E-state index is 11.8. The molecule has 2 aromatic carbocycles. The number of rotatable bonds is 9. The van der Waals surface area contributed by atoms with E-state index in [0.29, 0.717) is 41.0 Å². The molecule has 0 spiro atoms. The number of nitrogens with one attached hydrogen (secondary N) is 1. The number of fused-ring (bicyclic) bond motifs is 1. The molecular formula is C25H26N4O5. The van der Waals surface area contributed by atoms with Crippen molar-refractivity contribution in [1.29, 1.82) is 0 Å². The highest BCUT2D eigenvalue weighted by molar-refractivity contribution is 6.05. The van der Waals surface area contributed by atoms with Gasteiger partial charge in [-0.25, -0.2) is 4.79 Å². The van der Waals surface area contributed by atoms with E-state index in [4.69, 9.17) is 4.42 Å². The first-order valence-electron chi connectivity index (χ1n) is 11.1. The molecule has 0 aliphatic heterocycles. The van der Waals surface area contributed by atoms with Crippen molar-refractivity contribution in [2.75, 3.05) is 0 Å². The van der Waals surface area contributed by atoms with Gasteiger partial charge in [0, 0.05) is 36.0 Å². The number of aryl methyl sites for hydroxylation is 1. The minimum absolute atomic E-state index is 0.0316. The highest BCUT2D eigenvalue weighted by atomic mass is 16.4. The summed E-state index contributed by atoms with van der Waals surface area (Å²) < 4.78 is 7.74. The number of benzene rings is 2. The number of furan rings is 1. The van der Waals surface area contributed by atoms with Crippen LogP contribution in [0.1, 0.15) is 43.5 Å². The molecule has 4 aromatic rings. The van der Waals surface area contributed by atoms with Crippen LogP contribution in [0, 0.1) is 0 Å². The quantitative estimate of drug-likeness (QED) is 0.313. The summed E-state index contributed by atoms with van der Waals surface area (Å²) in [7, 11) is 0. The molecule has 0 radical (unpaired) electrons. The first-order chi connectivity index (χ1) is 16.3. The SMILES string of the molecule is CC(C)NC(=O)CCCCn1cc(-c2c(-c3ccccc3)oc3cc(O)c(C(=O)O)cc23)nn1. The van der Waals surface area contributed by atoms with E-state index in [-0.39, 0.29) is 23.3 Å². The van der Waals surface area contributed by atoms with Gasteiger partial charge in [0.15, 0.2) is 0 Å². The van der Waals surface area contributed by atoms with Crippen LogP contribution in [0.15, 0.2) is 53.1 Å². The second-order valence-corrected chi connectivity index (χ2v) is 8.39. The molecule has 34 heavy (non-hydrogen) atoms. The average Bonchev–Trinajstić information content (AvgIpc) is 3.40. The van der Waals surface area contributed by atoms with E-state index in [9.17, 15) is 19.8 Å². The summed E-state index contributed by atoms with van der Waals surface area (Å²) in [5.41, 5.74) is 2.04. The third-order valence-corrected chi connectivity index (χ3v) is 5.36. The number of aromatic carboxylic acids is 1. The number of aromatic nitrogens is 3. The average molecular weight is 463 g/mol. The van der Waals surface area contributed by atoms with Crippen LogP contribution in [0.4, 0.5) is 0 Å². The molecule has 0 saturated heterocycles. The number of phenols is 1. The van der Waals surface area contributed by atoms with E-state index in [1.54, 1.807) is 10.9 Å². The van der Waals surface area contributed by atoms with Crippen LogP contribution in [0.25, 0.3) is 33.6 Å². The van der Waals surface area contributed by atoms with Crippen LogP contribution in [0.5, 0.6) is 5.75 Å². The van der Waals surface area contributed by atoms with Crippen molar-refractivity contribution >= 4 is 22.8 Å². The van der Waals surface area contributed by atoms with Crippen molar-refractivity contribution < 1.29 is 24.2 Å². The molecule has 176 valence electrons. The summed E-state index contributed by atoms with van der Waals surface area (Å²) in [6.07, 6.45) is 3.70. The molecule has 2 heterocycles. The zero-order chi connectivity index (χ0) is 24.2. The van der Waals surface area contributed by atoms with Gasteiger partial charge in [0.05, 0.1) is 11.8 Å². The van der Waals surface area contributed by atoms with Gasteiger partial charge in [0.2, 0.25) is 5.91 Å². The van der Waals surface area contributed by atoms with Crippen molar-refractivity contribution in [3.05, 3.63) is 54.2 Å². The lowest BCUT2D eigenvalue weighted by Crippen LogP contribution is -2.29. The zero-order valence-electron chi connectivity index (χ0n) is 19.0. The van der Waals surface area contributed by atoms with Crippen molar-refractivity contribution in [3.8, 4) is 28.3 Å². The minimum atomic E-state index is -1.24. The summed E-state index contributed by atoms with van der Waals surface area (Å²) >= 11 is 0. The highest BCUT2D eigenvalue weighted by Gasteiger charge is 2.23. The Morgan fingerprint density at radius 1 is 1.15 bits per heavy atom. The smallest absolute Gasteiger partial charge is 0.339 e. The molecule has 9 nitrogen and oxygen atoms in total. The van der Waals surface area contributed by atoms with E-state index in [0.717, 1.165) is 18.4 Å². The summed E-state index contributed by atoms with van der Waals surface area (Å²) in [6.45, 7) is 4.44. The van der Waals surface area contributed by atoms with Crippen LogP contribution in [-0.4, -0.2) is 43.1 Å². The summed E-state index contributed by atoms with van der Waals surface area (Å²) in [6, 6.07) is 12.2. The normalized spacial score (nSPS) is 11.3. The Kier molecular flexibility index (Phi) is 6.62. The Bertz CT molecular complexity index is 1320. The molecular weight excluding hydrogens is 436 g/mol. The molecule has 4 rings (SSSR count). The van der Waals surface area contributed by atoms with Gasteiger partial charge in [0.25, 0.3) is 0 Å². The van der Waals surface area contributed by atoms with Crippen LogP contribution < -0.4 is 5.32 Å². The molecule has 3 N–H and O–H groups in total. The number of carboxylic acid groups (broad SMARTS) is 1. The van der Waals surface area contributed by atoms with E-state index in [1.165, 1.54) is 12.1 Å². The van der Waals surface area contributed by atoms with E-state index in [2.05, 4.69) is 15.6 Å². The Hall–Kier alpha value is -4.14. The van der Waals surface area contributed by atoms with E-state index in [1.807, 2.05) is 44.2 Å². The largest absolute Gasteiger partial charge is 0.507 e. The minimum Gasteiger partial charge on any atom is -0.507 e. The van der Waals surface area contributed by atoms with Gasteiger partial charge in [-0.1, -0.05) is 35.5 Å². The van der Waals surface area contributed by atoms with Gasteiger partial charge in [-0.2, -0.15) is 0 Å². The number of carboxylic acids is 1. The molecule has 0 aliphatic rings. The molecule has 0 atom stereocenters. The summed E-state index contributed by atoms with van der Waals surface area (Å²) in [5.74, 6) is -1.07. The van der Waals surface area contributed by atoms with Crippen molar-refractivity contribution in [3.63, 3.8) is 0 Å². The second kappa shape index (κ2) is 9.78. The maximum Gasteiger partial charge on any atom is 0.339 e. The van der Waals surface area contributed by atoms with Crippen LogP contribution in [0.3, 0.4) is 0 Å². The molecule has 0 bridgehead atoms. The Morgan fingerprint density at radius 3 is 2.62 bits per heavy atom. The number of hydrogen-bond donors (Lipinski definition) is 3. The molecule has 0 aliphatic carbocycles. The molecule has 1 amide bonds. The molecule has 2 aromatic heterocycles. The first kappa shape index (κ1) is 23.0. The van der Waals surface area contributed by atoms with Crippen molar-refractivity contribution in [1.82, 2.24) is 20.3 Å². The zero-order valence-corrected chi connectivity index (χ0v) is 19.0. The second-order valence-electron chi connectivity index (χ2n) is 8.39. The fraction of sp³-hybridized carbons (Fsp3) is 0.280. The van der Waals surface area contributed by atoms with Gasteiger partial charge < -0.3 is 19.9 Å². The lowest BCUT2D eigenvalue weighted by molar-refractivity contribution is -0.121. The summed E-state index contributed by atoms with van der Waals surface area (Å²) in [5, 5.41) is 31.5. The Morgan fingerprint density at radius 2 is 1.91 bits per heavy atom. The van der Waals surface area contributed by atoms with Crippen molar-refractivity contribution in [2.24, 2.45) is 0 Å². The van der Waals surface area contributed by atoms with E-state index >= 15 is 0 Å². The highest BCUT2D eigenvalue weighted by Crippen LogP contribution is 2.42. The monoisotopic (exact) mass is 462 g/mol. The molecule has 9 heteroatoms. The van der Waals surface area contributed by atoms with Crippen LogP contribution in [-0.2, 0) is 11.3 Å². The van der Waals surface area contributed by atoms with Gasteiger partial charge >= 0.3 is 5.97 Å². The van der Waals surface area contributed by atoms with Crippen molar-refractivity contribution in [2.45, 2.75) is 45.7 Å². The number of unbranched alkanes of at least 4 members (excludes halogenated alkanes) is 1. The molecule has 0 unspecified atom stereocenters. The number of carbonyl (C=O) groups is 2.